The Balaban J connectivity index is 0.00000181. The van der Waals surface area contributed by atoms with Gasteiger partial charge >= 0.3 is 0 Å². The smallest absolute Gasteiger partial charge is 0.179 e. The van der Waals surface area contributed by atoms with Gasteiger partial charge in [0, 0.05) is 63.1 Å². The Morgan fingerprint density at radius 2 is 0.750 bits per heavy atom. The second-order valence-corrected chi connectivity index (χ2v) is 8.20. The Kier molecular flexibility index (Phi) is 9.35. The van der Waals surface area contributed by atoms with E-state index in [1.54, 1.807) is 0 Å². The zero-order valence-electron chi connectivity index (χ0n) is 19.1. The van der Waals surface area contributed by atoms with Crippen LogP contribution in [0.15, 0.2) is 84.9 Å². The zero-order valence-corrected chi connectivity index (χ0v) is 22.3. The lowest BCUT2D eigenvalue weighted by Gasteiger charge is -2.10. The largest absolute Gasteiger partial charge is 1.00 e. The van der Waals surface area contributed by atoms with E-state index in [1.807, 2.05) is 0 Å². The van der Waals surface area contributed by atoms with Crippen LogP contribution in [0.2, 0.25) is 0 Å². The van der Waals surface area contributed by atoms with Gasteiger partial charge in [-0.05, 0) is 11.1 Å². The average molecular weight is 554 g/mol. The number of nitrogens with zero attached hydrogens (tertiary/aromatic N) is 2. The predicted molar refractivity (Wildman–Crippen MR) is 122 cm³/mol. The minimum absolute atomic E-state index is 0. The Morgan fingerprint density at radius 3 is 1.03 bits per heavy atom. The van der Waals surface area contributed by atoms with Gasteiger partial charge in [0.15, 0.2) is 35.9 Å². The van der Waals surface area contributed by atoms with Gasteiger partial charge in [-0.1, -0.05) is 60.7 Å². The van der Waals surface area contributed by atoms with Crippen molar-refractivity contribution in [2.75, 3.05) is 0 Å². The number of halogens is 2. The highest BCUT2D eigenvalue weighted by Gasteiger charge is 2.18. The summed E-state index contributed by atoms with van der Waals surface area (Å²) in [6, 6.07) is 30.6. The summed E-state index contributed by atoms with van der Waals surface area (Å²) < 4.78 is 4.77. The van der Waals surface area contributed by atoms with Crippen LogP contribution in [0.3, 0.4) is 0 Å². The molecule has 0 fully saturated rings. The third kappa shape index (κ3) is 5.93. The monoisotopic (exact) mass is 552 g/mol. The predicted octanol–water partition coefficient (Wildman–Crippen LogP) is -0.733. The number of benzene rings is 2. The van der Waals surface area contributed by atoms with E-state index >= 15 is 0 Å². The van der Waals surface area contributed by atoms with Crippen LogP contribution in [0.1, 0.15) is 33.9 Å². The van der Waals surface area contributed by atoms with E-state index in [1.165, 1.54) is 45.0 Å². The first kappa shape index (κ1) is 26.0. The van der Waals surface area contributed by atoms with Crippen LogP contribution in [0, 0.1) is 27.7 Å². The molecule has 0 aliphatic heterocycles. The standard InChI is InChI=1S/C28H30N2.2BrH/c1-21-15-27(16-22(2)29(21)19-25-11-7-5-8-12-25)28-17-23(3)30(24(4)18-28)20-26-13-9-6-10-14-26;;/h5-18H,19-20H2,1-4H3;2*1H/q+2;;/p-2. The number of pyridine rings is 2. The zero-order chi connectivity index (χ0) is 21.1. The van der Waals surface area contributed by atoms with Gasteiger partial charge in [-0.3, -0.25) is 0 Å². The first-order valence-electron chi connectivity index (χ1n) is 10.6. The molecular weight excluding hydrogens is 524 g/mol. The summed E-state index contributed by atoms with van der Waals surface area (Å²) in [5, 5.41) is 0. The summed E-state index contributed by atoms with van der Waals surface area (Å²) in [6.07, 6.45) is 0. The number of rotatable bonds is 5. The highest BCUT2D eigenvalue weighted by molar-refractivity contribution is 5.63. The van der Waals surface area contributed by atoms with E-state index < -0.39 is 0 Å². The molecule has 166 valence electrons. The second-order valence-electron chi connectivity index (χ2n) is 8.20. The molecule has 0 aliphatic rings. The van der Waals surface area contributed by atoms with E-state index in [-0.39, 0.29) is 34.0 Å². The van der Waals surface area contributed by atoms with Crippen molar-refractivity contribution in [1.29, 1.82) is 0 Å². The van der Waals surface area contributed by atoms with Gasteiger partial charge in [-0.2, -0.15) is 9.13 Å². The molecule has 0 spiro atoms. The van der Waals surface area contributed by atoms with Crippen molar-refractivity contribution >= 4 is 0 Å². The van der Waals surface area contributed by atoms with Crippen LogP contribution in [0.5, 0.6) is 0 Å². The molecule has 0 N–H and O–H groups in total. The van der Waals surface area contributed by atoms with E-state index in [2.05, 4.69) is 122 Å². The fraction of sp³-hybridized carbons (Fsp3) is 0.214. The lowest BCUT2D eigenvalue weighted by atomic mass is 10.0. The van der Waals surface area contributed by atoms with Gasteiger partial charge in [-0.25, -0.2) is 0 Å². The third-order valence-corrected chi connectivity index (χ3v) is 5.86. The SMILES string of the molecule is Cc1cc(-c2cc(C)[n+](Cc3ccccc3)c(C)c2)cc(C)[n+]1Cc1ccccc1.[Br-].[Br-]. The highest BCUT2D eigenvalue weighted by atomic mass is 79.9. The molecule has 0 bridgehead atoms. The van der Waals surface area contributed by atoms with Crippen molar-refractivity contribution in [3.63, 3.8) is 0 Å². The van der Waals surface area contributed by atoms with Gasteiger partial charge in [-0.15, -0.1) is 0 Å². The maximum absolute atomic E-state index is 2.39. The quantitative estimate of drug-likeness (QED) is 0.288. The minimum Gasteiger partial charge on any atom is -1.00 e. The normalized spacial score (nSPS) is 10.2. The van der Waals surface area contributed by atoms with E-state index in [0.717, 1.165) is 13.1 Å². The molecule has 0 amide bonds. The van der Waals surface area contributed by atoms with Crippen LogP contribution in [-0.2, 0) is 13.1 Å². The summed E-state index contributed by atoms with van der Waals surface area (Å²) in [7, 11) is 0. The molecule has 32 heavy (non-hydrogen) atoms. The van der Waals surface area contributed by atoms with Crippen molar-refractivity contribution in [2.24, 2.45) is 0 Å². The number of hydrogen-bond acceptors (Lipinski definition) is 0. The van der Waals surface area contributed by atoms with Gasteiger partial charge in [0.05, 0.1) is 0 Å². The summed E-state index contributed by atoms with van der Waals surface area (Å²) in [4.78, 5) is 0. The fourth-order valence-corrected chi connectivity index (χ4v) is 4.22. The number of aryl methyl sites for hydroxylation is 4. The summed E-state index contributed by atoms with van der Waals surface area (Å²) >= 11 is 0. The molecule has 2 heterocycles. The van der Waals surface area contributed by atoms with E-state index in [9.17, 15) is 0 Å². The Morgan fingerprint density at radius 1 is 0.469 bits per heavy atom. The van der Waals surface area contributed by atoms with Crippen molar-refractivity contribution in [1.82, 2.24) is 0 Å². The molecule has 4 heteroatoms. The molecule has 0 radical (unpaired) electrons. The lowest BCUT2D eigenvalue weighted by Crippen LogP contribution is -3.00. The maximum atomic E-state index is 2.39. The van der Waals surface area contributed by atoms with Crippen molar-refractivity contribution in [3.05, 3.63) is 119 Å². The molecular formula is C28H30Br2N2. The van der Waals surface area contributed by atoms with Crippen LogP contribution < -0.4 is 43.1 Å². The van der Waals surface area contributed by atoms with Gasteiger partial charge in [0.25, 0.3) is 0 Å². The Labute approximate surface area is 213 Å². The fourth-order valence-electron chi connectivity index (χ4n) is 4.22. The highest BCUT2D eigenvalue weighted by Crippen LogP contribution is 2.22. The lowest BCUT2D eigenvalue weighted by molar-refractivity contribution is -0.700. The van der Waals surface area contributed by atoms with E-state index in [4.69, 9.17) is 0 Å². The molecule has 0 saturated heterocycles. The second kappa shape index (κ2) is 11.5. The summed E-state index contributed by atoms with van der Waals surface area (Å²) in [5.74, 6) is 0. The molecule has 4 aromatic rings. The van der Waals surface area contributed by atoms with Crippen molar-refractivity contribution in [2.45, 2.75) is 40.8 Å². The van der Waals surface area contributed by atoms with Crippen molar-refractivity contribution < 1.29 is 43.1 Å². The molecule has 2 aromatic heterocycles. The molecule has 2 nitrogen and oxygen atoms in total. The van der Waals surface area contributed by atoms with Crippen molar-refractivity contribution in [3.8, 4) is 11.1 Å². The van der Waals surface area contributed by atoms with Crippen LogP contribution in [-0.4, -0.2) is 0 Å². The molecule has 2 aromatic carbocycles. The molecule has 4 rings (SSSR count). The third-order valence-electron chi connectivity index (χ3n) is 5.86. The summed E-state index contributed by atoms with van der Waals surface area (Å²) in [5.41, 5.74) is 10.4. The maximum Gasteiger partial charge on any atom is 0.179 e. The van der Waals surface area contributed by atoms with Gasteiger partial charge < -0.3 is 34.0 Å². The van der Waals surface area contributed by atoms with E-state index in [0.29, 0.717) is 0 Å². The first-order chi connectivity index (χ1) is 14.5. The van der Waals surface area contributed by atoms with Gasteiger partial charge in [0.2, 0.25) is 0 Å². The molecule has 0 unspecified atom stereocenters. The van der Waals surface area contributed by atoms with Crippen LogP contribution in [0.4, 0.5) is 0 Å². The average Bonchev–Trinajstić information content (AvgIpc) is 2.74. The van der Waals surface area contributed by atoms with Crippen LogP contribution >= 0.6 is 0 Å². The molecule has 0 saturated carbocycles. The number of aromatic nitrogens is 2. The minimum atomic E-state index is 0. The first-order valence-corrected chi connectivity index (χ1v) is 10.6. The Bertz CT molecular complexity index is 1030. The topological polar surface area (TPSA) is 7.76 Å². The summed E-state index contributed by atoms with van der Waals surface area (Å²) in [6.45, 7) is 10.6. The molecule has 0 aliphatic carbocycles. The number of hydrogen-bond donors (Lipinski definition) is 0. The Hall–Kier alpha value is -2.30. The van der Waals surface area contributed by atoms with Gasteiger partial charge in [0.1, 0.15) is 0 Å². The molecule has 0 atom stereocenters. The van der Waals surface area contributed by atoms with Crippen LogP contribution in [0.25, 0.3) is 11.1 Å².